The van der Waals surface area contributed by atoms with E-state index in [-0.39, 0.29) is 5.54 Å². The Balaban J connectivity index is 1.57. The third-order valence-corrected chi connectivity index (χ3v) is 5.98. The molecule has 0 saturated carbocycles. The summed E-state index contributed by atoms with van der Waals surface area (Å²) in [5.74, 6) is 1.64. The van der Waals surface area contributed by atoms with E-state index in [0.29, 0.717) is 0 Å². The summed E-state index contributed by atoms with van der Waals surface area (Å²) in [5.41, 5.74) is 7.28. The van der Waals surface area contributed by atoms with Crippen molar-refractivity contribution in [3.05, 3.63) is 89.5 Å². The molecule has 1 aliphatic heterocycles. The van der Waals surface area contributed by atoms with Crippen LogP contribution in [0.5, 0.6) is 11.5 Å². The van der Waals surface area contributed by atoms with Crippen LogP contribution in [0.2, 0.25) is 0 Å². The highest BCUT2D eigenvalue weighted by molar-refractivity contribution is 5.90. The lowest BCUT2D eigenvalue weighted by molar-refractivity contribution is 0.483. The normalized spacial score (nSPS) is 14.9. The molecule has 1 aliphatic rings. The van der Waals surface area contributed by atoms with Gasteiger partial charge in [0, 0.05) is 24.0 Å². The van der Waals surface area contributed by atoms with Gasteiger partial charge in [-0.25, -0.2) is 0 Å². The monoisotopic (exact) mass is 424 g/mol. The third kappa shape index (κ3) is 4.62. The molecule has 3 heteroatoms. The van der Waals surface area contributed by atoms with Crippen LogP contribution in [0.3, 0.4) is 0 Å². The zero-order valence-electron chi connectivity index (χ0n) is 19.7. The van der Waals surface area contributed by atoms with Crippen LogP contribution in [-0.2, 0) is 0 Å². The Morgan fingerprint density at radius 1 is 0.938 bits per heavy atom. The van der Waals surface area contributed by atoms with Crippen LogP contribution in [0, 0.1) is 6.92 Å². The van der Waals surface area contributed by atoms with E-state index in [9.17, 15) is 0 Å². The number of hydrogen-bond acceptors (Lipinski definition) is 3. The van der Waals surface area contributed by atoms with Crippen LogP contribution in [-0.4, -0.2) is 18.3 Å². The summed E-state index contributed by atoms with van der Waals surface area (Å²) in [6, 6.07) is 22.3. The molecule has 0 radical (unpaired) electrons. The maximum absolute atomic E-state index is 5.87. The van der Waals surface area contributed by atoms with Gasteiger partial charge in [-0.15, -0.1) is 0 Å². The van der Waals surface area contributed by atoms with E-state index in [1.807, 2.05) is 60.8 Å². The molecule has 0 saturated heterocycles. The molecule has 32 heavy (non-hydrogen) atoms. The van der Waals surface area contributed by atoms with Crippen molar-refractivity contribution in [2.24, 2.45) is 4.99 Å². The van der Waals surface area contributed by atoms with Gasteiger partial charge in [0.1, 0.15) is 11.5 Å². The standard InChI is InChI=1S/C29H32N2O/c1-6-16-31-28-17-21(2)23(18-27(28)22(3)19-29(31,4)5)20-30-24-12-14-26(15-13-24)32-25-10-8-7-9-11-25/h7-15,17-20H,6,16H2,1-5H3. The Kier molecular flexibility index (Phi) is 6.18. The van der Waals surface area contributed by atoms with E-state index < -0.39 is 0 Å². The topological polar surface area (TPSA) is 24.8 Å². The molecule has 0 amide bonds. The van der Waals surface area contributed by atoms with Crippen molar-refractivity contribution in [1.82, 2.24) is 0 Å². The van der Waals surface area contributed by atoms with Crippen LogP contribution in [0.15, 0.2) is 77.8 Å². The van der Waals surface area contributed by atoms with Crippen molar-refractivity contribution >= 4 is 23.2 Å². The minimum Gasteiger partial charge on any atom is -0.457 e. The maximum atomic E-state index is 5.87. The first-order chi connectivity index (χ1) is 15.4. The summed E-state index contributed by atoms with van der Waals surface area (Å²) >= 11 is 0. The quantitative estimate of drug-likeness (QED) is 0.375. The molecule has 0 fully saturated rings. The Labute approximate surface area is 192 Å². The summed E-state index contributed by atoms with van der Waals surface area (Å²) < 4.78 is 5.87. The highest BCUT2D eigenvalue weighted by Crippen LogP contribution is 2.40. The smallest absolute Gasteiger partial charge is 0.127 e. The number of hydrogen-bond donors (Lipinski definition) is 0. The fraction of sp³-hybridized carbons (Fsp3) is 0.276. The second-order valence-electron chi connectivity index (χ2n) is 9.03. The van der Waals surface area contributed by atoms with E-state index >= 15 is 0 Å². The molecule has 0 aliphatic carbocycles. The van der Waals surface area contributed by atoms with Gasteiger partial charge in [0.15, 0.2) is 0 Å². The van der Waals surface area contributed by atoms with Crippen LogP contribution in [0.25, 0.3) is 5.57 Å². The lowest BCUT2D eigenvalue weighted by Gasteiger charge is -2.43. The van der Waals surface area contributed by atoms with E-state index in [4.69, 9.17) is 9.73 Å². The number of rotatable bonds is 6. The zero-order chi connectivity index (χ0) is 22.7. The fourth-order valence-electron chi connectivity index (χ4n) is 4.38. The summed E-state index contributed by atoms with van der Waals surface area (Å²) in [6.07, 6.45) is 5.48. The minimum absolute atomic E-state index is 0.0265. The van der Waals surface area contributed by atoms with Gasteiger partial charge in [-0.1, -0.05) is 31.2 Å². The second kappa shape index (κ2) is 9.04. The van der Waals surface area contributed by atoms with Gasteiger partial charge in [0.25, 0.3) is 0 Å². The third-order valence-electron chi connectivity index (χ3n) is 5.98. The highest BCUT2D eigenvalue weighted by atomic mass is 16.5. The van der Waals surface area contributed by atoms with Gasteiger partial charge >= 0.3 is 0 Å². The van der Waals surface area contributed by atoms with E-state index in [0.717, 1.165) is 35.7 Å². The number of fused-ring (bicyclic) bond motifs is 1. The molecule has 0 aromatic heterocycles. The Morgan fingerprint density at radius 2 is 1.62 bits per heavy atom. The summed E-state index contributed by atoms with van der Waals surface area (Å²) in [5, 5.41) is 0. The van der Waals surface area contributed by atoms with E-state index in [1.165, 1.54) is 22.4 Å². The molecular formula is C29H32N2O. The van der Waals surface area contributed by atoms with E-state index in [2.05, 4.69) is 57.7 Å². The Bertz CT molecular complexity index is 1140. The van der Waals surface area contributed by atoms with Gasteiger partial charge in [0.05, 0.1) is 11.2 Å². The van der Waals surface area contributed by atoms with Crippen molar-refractivity contribution in [2.75, 3.05) is 11.4 Å². The molecule has 3 nitrogen and oxygen atoms in total. The van der Waals surface area contributed by atoms with Gasteiger partial charge < -0.3 is 9.64 Å². The summed E-state index contributed by atoms with van der Waals surface area (Å²) in [6.45, 7) is 12.3. The zero-order valence-corrected chi connectivity index (χ0v) is 19.7. The van der Waals surface area contributed by atoms with Crippen molar-refractivity contribution in [3.63, 3.8) is 0 Å². The number of aryl methyl sites for hydroxylation is 1. The summed E-state index contributed by atoms with van der Waals surface area (Å²) in [4.78, 5) is 7.25. The Hall–Kier alpha value is -3.33. The largest absolute Gasteiger partial charge is 0.457 e. The number of nitrogens with zero attached hydrogens (tertiary/aromatic N) is 2. The number of benzene rings is 3. The van der Waals surface area contributed by atoms with Crippen LogP contribution >= 0.6 is 0 Å². The molecule has 0 N–H and O–H groups in total. The van der Waals surface area contributed by atoms with Crippen molar-refractivity contribution in [1.29, 1.82) is 0 Å². The van der Waals surface area contributed by atoms with Crippen molar-refractivity contribution in [3.8, 4) is 11.5 Å². The van der Waals surface area contributed by atoms with Gasteiger partial charge in [-0.05, 0) is 99.3 Å². The average Bonchev–Trinajstić information content (AvgIpc) is 2.77. The molecule has 0 atom stereocenters. The Morgan fingerprint density at radius 3 is 2.31 bits per heavy atom. The lowest BCUT2D eigenvalue weighted by atomic mass is 9.87. The molecule has 3 aromatic carbocycles. The first-order valence-corrected chi connectivity index (χ1v) is 11.4. The molecule has 0 bridgehead atoms. The molecule has 1 heterocycles. The summed E-state index contributed by atoms with van der Waals surface area (Å²) in [7, 11) is 0. The number of ether oxygens (including phenoxy) is 1. The van der Waals surface area contributed by atoms with Crippen molar-refractivity contribution < 1.29 is 4.74 Å². The van der Waals surface area contributed by atoms with Gasteiger partial charge in [-0.3, -0.25) is 4.99 Å². The average molecular weight is 425 g/mol. The number of allylic oxidation sites excluding steroid dienone is 1. The highest BCUT2D eigenvalue weighted by Gasteiger charge is 2.31. The number of aliphatic imine (C=N–C) groups is 1. The van der Waals surface area contributed by atoms with E-state index in [1.54, 1.807) is 0 Å². The van der Waals surface area contributed by atoms with Crippen molar-refractivity contribution in [2.45, 2.75) is 46.6 Å². The minimum atomic E-state index is 0.0265. The predicted octanol–water partition coefficient (Wildman–Crippen LogP) is 7.95. The maximum Gasteiger partial charge on any atom is 0.127 e. The van der Waals surface area contributed by atoms with Gasteiger partial charge in [-0.2, -0.15) is 0 Å². The first kappa shape index (κ1) is 21.9. The van der Waals surface area contributed by atoms with Crippen LogP contribution < -0.4 is 9.64 Å². The lowest BCUT2D eigenvalue weighted by Crippen LogP contribution is -2.45. The molecule has 3 aromatic rings. The SMILES string of the molecule is CCCN1c2cc(C)c(C=Nc3ccc(Oc4ccccc4)cc3)cc2C(C)=CC1(C)C. The molecule has 4 rings (SSSR count). The molecule has 0 unspecified atom stereocenters. The second-order valence-corrected chi connectivity index (χ2v) is 9.03. The predicted molar refractivity (Wildman–Crippen MR) is 137 cm³/mol. The van der Waals surface area contributed by atoms with Gasteiger partial charge in [0.2, 0.25) is 0 Å². The number of para-hydroxylation sites is 1. The molecule has 164 valence electrons. The molecular weight excluding hydrogens is 392 g/mol. The number of anilines is 1. The fourth-order valence-corrected chi connectivity index (χ4v) is 4.38. The van der Waals surface area contributed by atoms with Crippen LogP contribution in [0.1, 0.15) is 50.8 Å². The molecule has 0 spiro atoms. The van der Waals surface area contributed by atoms with Crippen LogP contribution in [0.4, 0.5) is 11.4 Å². The first-order valence-electron chi connectivity index (χ1n) is 11.4.